The molecule has 0 heterocycles. The molecule has 1 N–H and O–H groups in total. The van der Waals surface area contributed by atoms with Gasteiger partial charge in [0.05, 0.1) is 14.2 Å². The van der Waals surface area contributed by atoms with Crippen molar-refractivity contribution in [3.05, 3.63) is 95.6 Å². The number of carbonyl (C=O) groups is 1. The molecule has 5 nitrogen and oxygen atoms in total. The van der Waals surface area contributed by atoms with Gasteiger partial charge >= 0.3 is 0 Å². The Bertz CT molecular complexity index is 1000. The molecule has 0 radical (unpaired) electrons. The topological polar surface area (TPSA) is 56.8 Å². The zero-order chi connectivity index (χ0) is 26.3. The lowest BCUT2D eigenvalue weighted by molar-refractivity contribution is -0.121. The number of hydrogen-bond donors (Lipinski definition) is 1. The highest BCUT2D eigenvalue weighted by Crippen LogP contribution is 2.41. The second-order valence-corrected chi connectivity index (χ2v) is 9.22. The van der Waals surface area contributed by atoms with Crippen LogP contribution >= 0.6 is 0 Å². The summed E-state index contributed by atoms with van der Waals surface area (Å²) < 4.78 is 17.6. The Morgan fingerprint density at radius 3 is 1.78 bits per heavy atom. The van der Waals surface area contributed by atoms with Gasteiger partial charge in [0, 0.05) is 19.6 Å². The van der Waals surface area contributed by atoms with Gasteiger partial charge < -0.3 is 19.5 Å². The van der Waals surface area contributed by atoms with Crippen LogP contribution in [0.2, 0.25) is 0 Å². The van der Waals surface area contributed by atoms with Gasteiger partial charge in [0.1, 0.15) is 17.1 Å². The number of nitrogens with one attached hydrogen (secondary N) is 1. The van der Waals surface area contributed by atoms with Crippen LogP contribution in [0.4, 0.5) is 0 Å². The van der Waals surface area contributed by atoms with E-state index in [4.69, 9.17) is 14.2 Å². The fourth-order valence-electron chi connectivity index (χ4n) is 4.58. The summed E-state index contributed by atoms with van der Waals surface area (Å²) in [6.07, 6.45) is 6.99. The molecule has 198 valence electrons. The van der Waals surface area contributed by atoms with E-state index in [1.165, 1.54) is 25.7 Å². The molecule has 0 bridgehead atoms. The molecular formula is C32H41NO4. The van der Waals surface area contributed by atoms with E-state index in [9.17, 15) is 4.79 Å². The Morgan fingerprint density at radius 2 is 1.24 bits per heavy atom. The quantitative estimate of drug-likeness (QED) is 0.171. The van der Waals surface area contributed by atoms with Crippen molar-refractivity contribution >= 4 is 5.91 Å². The molecule has 0 aliphatic rings. The van der Waals surface area contributed by atoms with Crippen LogP contribution < -0.4 is 14.8 Å². The summed E-state index contributed by atoms with van der Waals surface area (Å²) in [7, 11) is 3.32. The SMILES string of the molecule is CCCCCCCNC(=O)CCCOC(c1ccccc1)(c1ccc(OC)cc1)c1ccc(OC)cc1. The Hall–Kier alpha value is -3.31. The number of methoxy groups -OCH3 is 2. The van der Waals surface area contributed by atoms with Crippen molar-refractivity contribution in [2.75, 3.05) is 27.4 Å². The number of hydrogen-bond acceptors (Lipinski definition) is 4. The fourth-order valence-corrected chi connectivity index (χ4v) is 4.58. The van der Waals surface area contributed by atoms with Crippen LogP contribution in [0.1, 0.15) is 68.6 Å². The van der Waals surface area contributed by atoms with Gasteiger partial charge in [0.2, 0.25) is 5.91 Å². The highest BCUT2D eigenvalue weighted by atomic mass is 16.5. The number of unbranched alkanes of at least 4 members (excludes halogenated alkanes) is 4. The normalized spacial score (nSPS) is 11.2. The van der Waals surface area contributed by atoms with Gasteiger partial charge in [-0.05, 0) is 53.8 Å². The summed E-state index contributed by atoms with van der Waals surface area (Å²) in [6.45, 7) is 3.38. The molecule has 0 unspecified atom stereocenters. The second-order valence-electron chi connectivity index (χ2n) is 9.22. The van der Waals surface area contributed by atoms with Crippen LogP contribution in [-0.2, 0) is 15.1 Å². The molecule has 37 heavy (non-hydrogen) atoms. The summed E-state index contributed by atoms with van der Waals surface area (Å²) in [4.78, 5) is 12.4. The number of rotatable bonds is 16. The smallest absolute Gasteiger partial charge is 0.220 e. The van der Waals surface area contributed by atoms with E-state index in [0.29, 0.717) is 19.4 Å². The zero-order valence-corrected chi connectivity index (χ0v) is 22.5. The predicted octanol–water partition coefficient (Wildman–Crippen LogP) is 6.88. The van der Waals surface area contributed by atoms with Crippen LogP contribution in [0.5, 0.6) is 11.5 Å². The van der Waals surface area contributed by atoms with Gasteiger partial charge in [-0.3, -0.25) is 4.79 Å². The van der Waals surface area contributed by atoms with Crippen molar-refractivity contribution in [2.45, 2.75) is 57.5 Å². The number of carbonyl (C=O) groups excluding carboxylic acids is 1. The third kappa shape index (κ3) is 7.83. The average molecular weight is 504 g/mol. The van der Waals surface area contributed by atoms with Gasteiger partial charge in [-0.15, -0.1) is 0 Å². The minimum Gasteiger partial charge on any atom is -0.497 e. The molecule has 0 saturated heterocycles. The van der Waals surface area contributed by atoms with E-state index in [0.717, 1.165) is 41.2 Å². The van der Waals surface area contributed by atoms with E-state index in [1.807, 2.05) is 66.7 Å². The van der Waals surface area contributed by atoms with Crippen LogP contribution in [0.25, 0.3) is 0 Å². The molecule has 0 fully saturated rings. The highest BCUT2D eigenvalue weighted by molar-refractivity contribution is 5.75. The molecule has 0 atom stereocenters. The number of ether oxygens (including phenoxy) is 3. The summed E-state index contributed by atoms with van der Waals surface area (Å²) in [5, 5.41) is 3.06. The second kappa shape index (κ2) is 15.1. The molecule has 0 aliphatic carbocycles. The standard InChI is InChI=1S/C32H41NO4/c1-4-5-6-7-11-24-33-31(34)15-12-25-37-32(26-13-9-8-10-14-26,27-16-20-29(35-2)21-17-27)28-18-22-30(36-3)23-19-28/h8-10,13-14,16-23H,4-7,11-12,15,24-25H2,1-3H3,(H,33,34). The van der Waals surface area contributed by atoms with Crippen LogP contribution in [0.3, 0.4) is 0 Å². The lowest BCUT2D eigenvalue weighted by Gasteiger charge is -2.36. The minimum atomic E-state index is -0.852. The summed E-state index contributed by atoms with van der Waals surface area (Å²) in [5.74, 6) is 1.65. The first kappa shape index (κ1) is 28.3. The third-order valence-electron chi connectivity index (χ3n) is 6.64. The van der Waals surface area contributed by atoms with Crippen LogP contribution in [-0.4, -0.2) is 33.3 Å². The van der Waals surface area contributed by atoms with Gasteiger partial charge in [0.15, 0.2) is 0 Å². The summed E-state index contributed by atoms with van der Waals surface area (Å²) >= 11 is 0. The molecule has 1 amide bonds. The monoisotopic (exact) mass is 503 g/mol. The average Bonchev–Trinajstić information content (AvgIpc) is 2.96. The Morgan fingerprint density at radius 1 is 0.703 bits per heavy atom. The molecule has 0 aromatic heterocycles. The zero-order valence-electron chi connectivity index (χ0n) is 22.5. The van der Waals surface area contributed by atoms with E-state index in [2.05, 4.69) is 24.4 Å². The van der Waals surface area contributed by atoms with Gasteiger partial charge in [-0.25, -0.2) is 0 Å². The first-order valence-corrected chi connectivity index (χ1v) is 13.4. The van der Waals surface area contributed by atoms with Crippen molar-refractivity contribution in [3.8, 4) is 11.5 Å². The molecule has 0 saturated carbocycles. The Kier molecular flexibility index (Phi) is 11.5. The maximum atomic E-state index is 12.4. The highest BCUT2D eigenvalue weighted by Gasteiger charge is 2.37. The maximum absolute atomic E-state index is 12.4. The van der Waals surface area contributed by atoms with Gasteiger partial charge in [-0.1, -0.05) is 87.2 Å². The maximum Gasteiger partial charge on any atom is 0.220 e. The molecule has 3 aromatic carbocycles. The molecule has 5 heteroatoms. The molecule has 0 spiro atoms. The van der Waals surface area contributed by atoms with E-state index < -0.39 is 5.60 Å². The van der Waals surface area contributed by atoms with Crippen molar-refractivity contribution in [3.63, 3.8) is 0 Å². The van der Waals surface area contributed by atoms with E-state index in [-0.39, 0.29) is 5.91 Å². The predicted molar refractivity (Wildman–Crippen MR) is 149 cm³/mol. The molecule has 0 aliphatic heterocycles. The lowest BCUT2D eigenvalue weighted by Crippen LogP contribution is -2.33. The third-order valence-corrected chi connectivity index (χ3v) is 6.64. The van der Waals surface area contributed by atoms with Crippen molar-refractivity contribution < 1.29 is 19.0 Å². The fraction of sp³-hybridized carbons (Fsp3) is 0.406. The minimum absolute atomic E-state index is 0.0818. The number of benzene rings is 3. The van der Waals surface area contributed by atoms with Crippen molar-refractivity contribution in [1.29, 1.82) is 0 Å². The van der Waals surface area contributed by atoms with Crippen LogP contribution in [0.15, 0.2) is 78.9 Å². The largest absolute Gasteiger partial charge is 0.497 e. The van der Waals surface area contributed by atoms with Gasteiger partial charge in [0.25, 0.3) is 0 Å². The van der Waals surface area contributed by atoms with Gasteiger partial charge in [-0.2, -0.15) is 0 Å². The summed E-state index contributed by atoms with van der Waals surface area (Å²) in [6, 6.07) is 26.2. The van der Waals surface area contributed by atoms with Crippen LogP contribution in [0, 0.1) is 0 Å². The first-order chi connectivity index (χ1) is 18.1. The Labute approximate surface area is 222 Å². The van der Waals surface area contributed by atoms with Crippen molar-refractivity contribution in [1.82, 2.24) is 5.32 Å². The van der Waals surface area contributed by atoms with E-state index in [1.54, 1.807) is 14.2 Å². The molecular weight excluding hydrogens is 462 g/mol. The molecule has 3 aromatic rings. The first-order valence-electron chi connectivity index (χ1n) is 13.4. The summed E-state index contributed by atoms with van der Waals surface area (Å²) in [5.41, 5.74) is 2.14. The lowest BCUT2D eigenvalue weighted by atomic mass is 9.80. The van der Waals surface area contributed by atoms with E-state index >= 15 is 0 Å². The van der Waals surface area contributed by atoms with Crippen molar-refractivity contribution in [2.24, 2.45) is 0 Å². The Balaban J connectivity index is 1.79. The molecule has 3 rings (SSSR count). The number of amides is 1.